The third-order valence-electron chi connectivity index (χ3n) is 4.91. The van der Waals surface area contributed by atoms with Gasteiger partial charge in [0.1, 0.15) is 10.9 Å². The molecular weight excluding hydrogens is 382 g/mol. The van der Waals surface area contributed by atoms with Gasteiger partial charge in [0.2, 0.25) is 11.8 Å². The fraction of sp³-hybridized carbons (Fsp3) is 0.474. The van der Waals surface area contributed by atoms with E-state index in [0.29, 0.717) is 18.6 Å². The number of esters is 1. The van der Waals surface area contributed by atoms with Crippen LogP contribution in [0.4, 0.5) is 0 Å². The molecule has 0 aromatic heterocycles. The maximum Gasteiger partial charge on any atom is 0.330 e. The summed E-state index contributed by atoms with van der Waals surface area (Å²) in [5.41, 5.74) is 0.987. The van der Waals surface area contributed by atoms with Gasteiger partial charge >= 0.3 is 5.97 Å². The average Bonchev–Trinajstić information content (AvgIpc) is 3.24. The second-order valence-corrected chi connectivity index (χ2v) is 8.21. The zero-order valence-corrected chi connectivity index (χ0v) is 16.7. The standard InChI is InChI=1S/C19H23N3O5S/c1-21(2)17(25)10-20-15(23)11-27-18(26)14-12-28-19(9-8-16(24)22(14)19)13-6-4-3-5-7-13/h3-7,14H,8-12H2,1-2H3,(H,20,23)/t14-,19-/m0/s1. The molecule has 150 valence electrons. The highest BCUT2D eigenvalue weighted by Gasteiger charge is 2.57. The van der Waals surface area contributed by atoms with E-state index in [9.17, 15) is 19.2 Å². The summed E-state index contributed by atoms with van der Waals surface area (Å²) < 4.78 is 5.13. The van der Waals surface area contributed by atoms with Crippen LogP contribution in [0.3, 0.4) is 0 Å². The third kappa shape index (κ3) is 3.84. The lowest BCUT2D eigenvalue weighted by molar-refractivity contribution is -0.156. The molecule has 0 aliphatic carbocycles. The fourth-order valence-electron chi connectivity index (χ4n) is 3.43. The van der Waals surface area contributed by atoms with Gasteiger partial charge in [-0.1, -0.05) is 30.3 Å². The van der Waals surface area contributed by atoms with Crippen LogP contribution in [0.2, 0.25) is 0 Å². The van der Waals surface area contributed by atoms with E-state index < -0.39 is 29.4 Å². The molecule has 2 aliphatic rings. The summed E-state index contributed by atoms with van der Waals surface area (Å²) in [6, 6.07) is 8.93. The maximum atomic E-state index is 12.6. The van der Waals surface area contributed by atoms with Crippen LogP contribution in [0.25, 0.3) is 0 Å². The van der Waals surface area contributed by atoms with Crippen LogP contribution in [0, 0.1) is 0 Å². The summed E-state index contributed by atoms with van der Waals surface area (Å²) >= 11 is 1.56. The topological polar surface area (TPSA) is 96.0 Å². The number of rotatable bonds is 6. The van der Waals surface area contributed by atoms with Crippen LogP contribution < -0.4 is 5.32 Å². The number of amides is 3. The van der Waals surface area contributed by atoms with E-state index >= 15 is 0 Å². The fourth-order valence-corrected chi connectivity index (χ4v) is 5.07. The first-order valence-electron chi connectivity index (χ1n) is 9.00. The molecule has 2 aliphatic heterocycles. The van der Waals surface area contributed by atoms with Gasteiger partial charge in [-0.3, -0.25) is 14.4 Å². The first-order chi connectivity index (χ1) is 13.3. The summed E-state index contributed by atoms with van der Waals surface area (Å²) in [6.45, 7) is -0.647. The number of hydrogen-bond donors (Lipinski definition) is 1. The van der Waals surface area contributed by atoms with Crippen molar-refractivity contribution in [2.24, 2.45) is 0 Å². The quantitative estimate of drug-likeness (QED) is 0.685. The van der Waals surface area contributed by atoms with Crippen molar-refractivity contribution < 1.29 is 23.9 Å². The number of nitrogens with one attached hydrogen (secondary N) is 1. The van der Waals surface area contributed by atoms with Crippen molar-refractivity contribution in [3.8, 4) is 0 Å². The minimum atomic E-state index is -0.726. The Morgan fingerprint density at radius 1 is 1.29 bits per heavy atom. The largest absolute Gasteiger partial charge is 0.454 e. The van der Waals surface area contributed by atoms with Crippen molar-refractivity contribution in [2.75, 3.05) is 33.0 Å². The Morgan fingerprint density at radius 2 is 2.00 bits per heavy atom. The summed E-state index contributed by atoms with van der Waals surface area (Å²) in [5, 5.41) is 2.41. The Morgan fingerprint density at radius 3 is 2.68 bits per heavy atom. The molecule has 0 spiro atoms. The number of hydrogen-bond acceptors (Lipinski definition) is 6. The lowest BCUT2D eigenvalue weighted by Gasteiger charge is -2.33. The highest BCUT2D eigenvalue weighted by molar-refractivity contribution is 8.00. The van der Waals surface area contributed by atoms with Crippen molar-refractivity contribution in [3.05, 3.63) is 35.9 Å². The number of carbonyl (C=O) groups is 4. The maximum absolute atomic E-state index is 12.6. The van der Waals surface area contributed by atoms with E-state index in [1.54, 1.807) is 30.8 Å². The van der Waals surface area contributed by atoms with Gasteiger partial charge in [-0.05, 0) is 12.0 Å². The summed E-state index contributed by atoms with van der Waals surface area (Å²) in [5.74, 6) is -1.09. The van der Waals surface area contributed by atoms with Crippen LogP contribution >= 0.6 is 11.8 Å². The van der Waals surface area contributed by atoms with Crippen LogP contribution in [0.1, 0.15) is 18.4 Å². The number of carbonyl (C=O) groups excluding carboxylic acids is 4. The van der Waals surface area contributed by atoms with Crippen molar-refractivity contribution in [1.29, 1.82) is 0 Å². The van der Waals surface area contributed by atoms with Gasteiger partial charge in [-0.2, -0.15) is 0 Å². The van der Waals surface area contributed by atoms with Crippen molar-refractivity contribution >= 4 is 35.5 Å². The van der Waals surface area contributed by atoms with Crippen LogP contribution in [-0.4, -0.2) is 72.5 Å². The highest BCUT2D eigenvalue weighted by atomic mass is 32.2. The summed E-state index contributed by atoms with van der Waals surface area (Å²) in [7, 11) is 3.16. The predicted octanol–water partition coefficient (Wildman–Crippen LogP) is 0.325. The molecule has 3 amide bonds. The van der Waals surface area contributed by atoms with Gasteiger partial charge in [-0.25, -0.2) is 4.79 Å². The van der Waals surface area contributed by atoms with Crippen molar-refractivity contribution in [3.63, 3.8) is 0 Å². The average molecular weight is 405 g/mol. The lowest BCUT2D eigenvalue weighted by atomic mass is 10.0. The zero-order chi connectivity index (χ0) is 20.3. The van der Waals surface area contributed by atoms with Crippen molar-refractivity contribution in [1.82, 2.24) is 15.1 Å². The molecule has 0 unspecified atom stereocenters. The van der Waals surface area contributed by atoms with E-state index in [1.807, 2.05) is 30.3 Å². The minimum absolute atomic E-state index is 0.0863. The number of thioether (sulfide) groups is 1. The van der Waals surface area contributed by atoms with Gasteiger partial charge < -0.3 is 19.9 Å². The molecule has 9 heteroatoms. The Hall–Kier alpha value is -2.55. The van der Waals surface area contributed by atoms with Crippen LogP contribution in [-0.2, 0) is 28.8 Å². The van der Waals surface area contributed by atoms with E-state index in [1.165, 1.54) is 4.90 Å². The Balaban J connectivity index is 1.61. The van der Waals surface area contributed by atoms with Crippen LogP contribution in [0.15, 0.2) is 30.3 Å². The Labute approximate surface area is 167 Å². The molecule has 2 atom stereocenters. The molecule has 1 aromatic carbocycles. The molecule has 2 fully saturated rings. The normalized spacial score (nSPS) is 23.3. The smallest absolute Gasteiger partial charge is 0.330 e. The molecule has 1 N–H and O–H groups in total. The first-order valence-corrected chi connectivity index (χ1v) is 9.99. The molecule has 0 radical (unpaired) electrons. The predicted molar refractivity (Wildman–Crippen MR) is 103 cm³/mol. The monoisotopic (exact) mass is 405 g/mol. The number of benzene rings is 1. The van der Waals surface area contributed by atoms with Gasteiger partial charge in [-0.15, -0.1) is 11.8 Å². The first kappa shape index (κ1) is 20.2. The number of ether oxygens (including phenoxy) is 1. The van der Waals surface area contributed by atoms with Gasteiger partial charge in [0.05, 0.1) is 6.54 Å². The highest BCUT2D eigenvalue weighted by Crippen LogP contribution is 2.54. The van der Waals surface area contributed by atoms with E-state index in [2.05, 4.69) is 5.32 Å². The molecule has 8 nitrogen and oxygen atoms in total. The summed E-state index contributed by atoms with van der Waals surface area (Å²) in [4.78, 5) is 50.8. The zero-order valence-electron chi connectivity index (χ0n) is 15.8. The summed E-state index contributed by atoms with van der Waals surface area (Å²) in [6.07, 6.45) is 1.01. The molecule has 2 saturated heterocycles. The third-order valence-corrected chi connectivity index (χ3v) is 6.50. The molecule has 28 heavy (non-hydrogen) atoms. The van der Waals surface area contributed by atoms with Crippen molar-refractivity contribution in [2.45, 2.75) is 23.8 Å². The number of fused-ring (bicyclic) bond motifs is 1. The number of likely N-dealkylation sites (N-methyl/N-ethyl adjacent to an activating group) is 1. The Bertz CT molecular complexity index is 785. The van der Waals surface area contributed by atoms with E-state index in [0.717, 1.165) is 5.56 Å². The van der Waals surface area contributed by atoms with Gasteiger partial charge in [0, 0.05) is 26.3 Å². The van der Waals surface area contributed by atoms with E-state index in [-0.39, 0.29) is 18.4 Å². The molecule has 2 heterocycles. The SMILES string of the molecule is CN(C)C(=O)CNC(=O)COC(=O)[C@@H]1CS[C@]2(c3ccccc3)CCC(=O)N12. The Kier molecular flexibility index (Phi) is 5.93. The minimum Gasteiger partial charge on any atom is -0.454 e. The second kappa shape index (κ2) is 8.22. The van der Waals surface area contributed by atoms with Gasteiger partial charge in [0.25, 0.3) is 5.91 Å². The molecule has 0 bridgehead atoms. The lowest BCUT2D eigenvalue weighted by Crippen LogP contribution is -2.47. The molecule has 0 saturated carbocycles. The number of nitrogens with zero attached hydrogens (tertiary/aromatic N) is 2. The second-order valence-electron chi connectivity index (χ2n) is 6.91. The van der Waals surface area contributed by atoms with E-state index in [4.69, 9.17) is 4.74 Å². The molecule has 3 rings (SSSR count). The molecule has 1 aromatic rings. The van der Waals surface area contributed by atoms with Gasteiger partial charge in [0.15, 0.2) is 6.61 Å². The van der Waals surface area contributed by atoms with Crippen LogP contribution in [0.5, 0.6) is 0 Å². The molecular formula is C19H23N3O5S.